The Morgan fingerprint density at radius 3 is 2.62 bits per heavy atom. The molecule has 0 aromatic rings. The SMILES string of the molecule is CC1(C)OCC(CS(=O)(=O)CC2C(=O)CCCC2CO)O1. The first-order valence-corrected chi connectivity index (χ1v) is 9.20. The molecule has 1 saturated carbocycles. The number of hydrogen-bond acceptors (Lipinski definition) is 6. The summed E-state index contributed by atoms with van der Waals surface area (Å²) in [6.07, 6.45) is 1.36. The Balaban J connectivity index is 1.98. The van der Waals surface area contributed by atoms with Crippen molar-refractivity contribution < 1.29 is 27.8 Å². The van der Waals surface area contributed by atoms with E-state index in [2.05, 4.69) is 0 Å². The molecule has 6 nitrogen and oxygen atoms in total. The average Bonchev–Trinajstić information content (AvgIpc) is 2.70. The summed E-state index contributed by atoms with van der Waals surface area (Å²) in [6, 6.07) is 0. The maximum Gasteiger partial charge on any atom is 0.163 e. The molecular weight excluding hydrogens is 296 g/mol. The molecule has 1 aliphatic heterocycles. The first kappa shape index (κ1) is 16.9. The van der Waals surface area contributed by atoms with E-state index in [1.54, 1.807) is 13.8 Å². The highest BCUT2D eigenvalue weighted by Gasteiger charge is 2.39. The minimum atomic E-state index is -3.43. The van der Waals surface area contributed by atoms with Gasteiger partial charge in [-0.15, -0.1) is 0 Å². The number of carbonyl (C=O) groups is 1. The number of carbonyl (C=O) groups excluding carboxylic acids is 1. The maximum atomic E-state index is 12.3. The second-order valence-corrected chi connectivity index (χ2v) is 8.59. The van der Waals surface area contributed by atoms with Crippen LogP contribution in [0.3, 0.4) is 0 Å². The van der Waals surface area contributed by atoms with Gasteiger partial charge in [-0.2, -0.15) is 0 Å². The van der Waals surface area contributed by atoms with Gasteiger partial charge in [-0.1, -0.05) is 0 Å². The van der Waals surface area contributed by atoms with Crippen molar-refractivity contribution in [3.05, 3.63) is 0 Å². The van der Waals surface area contributed by atoms with Crippen molar-refractivity contribution in [3.63, 3.8) is 0 Å². The van der Waals surface area contributed by atoms with Crippen LogP contribution in [0.4, 0.5) is 0 Å². The zero-order chi connectivity index (χ0) is 15.7. The Morgan fingerprint density at radius 1 is 1.33 bits per heavy atom. The molecule has 1 saturated heterocycles. The Labute approximate surface area is 125 Å². The number of hydrogen-bond donors (Lipinski definition) is 1. The minimum Gasteiger partial charge on any atom is -0.396 e. The highest BCUT2D eigenvalue weighted by atomic mass is 32.2. The fraction of sp³-hybridized carbons (Fsp3) is 0.929. The molecule has 0 radical (unpaired) electrons. The molecular formula is C14H24O6S. The van der Waals surface area contributed by atoms with Gasteiger partial charge < -0.3 is 14.6 Å². The van der Waals surface area contributed by atoms with E-state index in [-0.39, 0.29) is 36.4 Å². The van der Waals surface area contributed by atoms with Crippen molar-refractivity contribution in [1.82, 2.24) is 0 Å². The van der Waals surface area contributed by atoms with Gasteiger partial charge in [0.2, 0.25) is 0 Å². The van der Waals surface area contributed by atoms with Gasteiger partial charge >= 0.3 is 0 Å². The van der Waals surface area contributed by atoms with Crippen LogP contribution in [-0.4, -0.2) is 55.9 Å². The lowest BCUT2D eigenvalue weighted by Crippen LogP contribution is -2.38. The van der Waals surface area contributed by atoms with Gasteiger partial charge in [0.25, 0.3) is 0 Å². The Hall–Kier alpha value is -0.500. The third-order valence-corrected chi connectivity index (χ3v) is 5.90. The largest absolute Gasteiger partial charge is 0.396 e. The van der Waals surface area contributed by atoms with Crippen molar-refractivity contribution in [2.75, 3.05) is 24.7 Å². The fourth-order valence-electron chi connectivity index (χ4n) is 3.11. The molecule has 3 atom stereocenters. The van der Waals surface area contributed by atoms with Crippen LogP contribution < -0.4 is 0 Å². The molecule has 0 amide bonds. The van der Waals surface area contributed by atoms with E-state index in [0.717, 1.165) is 6.42 Å². The predicted octanol–water partition coefficient (Wildman–Crippen LogP) is 0.530. The number of sulfone groups is 1. The molecule has 0 bridgehead atoms. The van der Waals surface area contributed by atoms with Crippen LogP contribution >= 0.6 is 0 Å². The van der Waals surface area contributed by atoms with E-state index in [1.807, 2.05) is 0 Å². The van der Waals surface area contributed by atoms with Gasteiger partial charge in [0.15, 0.2) is 15.6 Å². The van der Waals surface area contributed by atoms with E-state index >= 15 is 0 Å². The van der Waals surface area contributed by atoms with Crippen LogP contribution in [0, 0.1) is 11.8 Å². The van der Waals surface area contributed by atoms with E-state index in [4.69, 9.17) is 9.47 Å². The number of ether oxygens (including phenoxy) is 2. The van der Waals surface area contributed by atoms with Crippen molar-refractivity contribution in [2.45, 2.75) is 45.0 Å². The molecule has 3 unspecified atom stereocenters. The quantitative estimate of drug-likeness (QED) is 0.795. The smallest absolute Gasteiger partial charge is 0.163 e. The molecule has 2 rings (SSSR count). The molecule has 0 aromatic carbocycles. The number of rotatable bonds is 5. The molecule has 1 N–H and O–H groups in total. The molecule has 1 aliphatic carbocycles. The minimum absolute atomic E-state index is 0.0483. The predicted molar refractivity (Wildman–Crippen MR) is 76.5 cm³/mol. The second kappa shape index (κ2) is 6.32. The van der Waals surface area contributed by atoms with Gasteiger partial charge in [0.1, 0.15) is 5.78 Å². The van der Waals surface area contributed by atoms with Gasteiger partial charge in [0, 0.05) is 18.9 Å². The zero-order valence-electron chi connectivity index (χ0n) is 12.6. The van der Waals surface area contributed by atoms with E-state index in [1.165, 1.54) is 0 Å². The lowest BCUT2D eigenvalue weighted by molar-refractivity contribution is -0.135. The summed E-state index contributed by atoms with van der Waals surface area (Å²) in [7, 11) is -3.43. The van der Waals surface area contributed by atoms with Gasteiger partial charge in [-0.3, -0.25) is 4.79 Å². The molecule has 2 fully saturated rings. The first-order chi connectivity index (χ1) is 9.72. The van der Waals surface area contributed by atoms with E-state index in [9.17, 15) is 18.3 Å². The molecule has 1 heterocycles. The van der Waals surface area contributed by atoms with Crippen molar-refractivity contribution >= 4 is 15.6 Å². The van der Waals surface area contributed by atoms with Crippen LogP contribution in [0.2, 0.25) is 0 Å². The number of aliphatic hydroxyl groups excluding tert-OH is 1. The van der Waals surface area contributed by atoms with Crippen LogP contribution in [-0.2, 0) is 24.1 Å². The van der Waals surface area contributed by atoms with E-state index in [0.29, 0.717) is 12.8 Å². The Morgan fingerprint density at radius 2 is 2.05 bits per heavy atom. The van der Waals surface area contributed by atoms with Gasteiger partial charge in [-0.25, -0.2) is 8.42 Å². The maximum absolute atomic E-state index is 12.3. The van der Waals surface area contributed by atoms with Crippen molar-refractivity contribution in [3.8, 4) is 0 Å². The fourth-order valence-corrected chi connectivity index (χ4v) is 4.98. The summed E-state index contributed by atoms with van der Waals surface area (Å²) < 4.78 is 35.5. The molecule has 0 aromatic heterocycles. The topological polar surface area (TPSA) is 89.9 Å². The number of aliphatic hydroxyl groups is 1. The highest BCUT2D eigenvalue weighted by Crippen LogP contribution is 2.29. The van der Waals surface area contributed by atoms with Crippen LogP contribution in [0.25, 0.3) is 0 Å². The highest BCUT2D eigenvalue weighted by molar-refractivity contribution is 7.91. The summed E-state index contributed by atoms with van der Waals surface area (Å²) in [5.74, 6) is -1.96. The molecule has 21 heavy (non-hydrogen) atoms. The summed E-state index contributed by atoms with van der Waals surface area (Å²) in [4.78, 5) is 12.0. The summed E-state index contributed by atoms with van der Waals surface area (Å²) in [5, 5.41) is 9.34. The third-order valence-electron chi connectivity index (χ3n) is 4.16. The standard InChI is InChI=1S/C14H24O6S/c1-14(2)19-7-11(20-14)8-21(17,18)9-12-10(6-15)4-3-5-13(12)16/h10-12,15H,3-9H2,1-2H3. The lowest BCUT2D eigenvalue weighted by Gasteiger charge is -2.29. The lowest BCUT2D eigenvalue weighted by atomic mass is 9.80. The van der Waals surface area contributed by atoms with Crippen LogP contribution in [0.15, 0.2) is 0 Å². The van der Waals surface area contributed by atoms with Crippen LogP contribution in [0.1, 0.15) is 33.1 Å². The van der Waals surface area contributed by atoms with Gasteiger partial charge in [-0.05, 0) is 32.6 Å². The van der Waals surface area contributed by atoms with Crippen molar-refractivity contribution in [2.24, 2.45) is 11.8 Å². The summed E-state index contributed by atoms with van der Waals surface area (Å²) in [5.41, 5.74) is 0. The number of Topliss-reactive ketones (excluding diaryl/α,β-unsaturated/α-hetero) is 1. The third kappa shape index (κ3) is 4.48. The molecule has 122 valence electrons. The average molecular weight is 320 g/mol. The molecule has 7 heteroatoms. The molecule has 0 spiro atoms. The summed E-state index contributed by atoms with van der Waals surface area (Å²) >= 11 is 0. The van der Waals surface area contributed by atoms with Crippen molar-refractivity contribution in [1.29, 1.82) is 0 Å². The van der Waals surface area contributed by atoms with E-state index < -0.39 is 27.6 Å². The van der Waals surface area contributed by atoms with Gasteiger partial charge in [0.05, 0.1) is 24.2 Å². The Kier molecular flexibility index (Phi) is 5.07. The summed E-state index contributed by atoms with van der Waals surface area (Å²) in [6.45, 7) is 3.59. The number of ketones is 1. The Bertz CT molecular complexity index is 484. The first-order valence-electron chi connectivity index (χ1n) is 7.38. The monoisotopic (exact) mass is 320 g/mol. The zero-order valence-corrected chi connectivity index (χ0v) is 13.4. The normalized spacial score (nSPS) is 33.3. The molecule has 2 aliphatic rings. The second-order valence-electron chi connectivity index (χ2n) is 6.44. The van der Waals surface area contributed by atoms with Crippen LogP contribution in [0.5, 0.6) is 0 Å².